The Labute approximate surface area is 108 Å². The predicted molar refractivity (Wildman–Crippen MR) is 67.2 cm³/mol. The van der Waals surface area contributed by atoms with Crippen LogP contribution in [0.5, 0.6) is 0 Å². The lowest BCUT2D eigenvalue weighted by Gasteiger charge is -2.04. The second kappa shape index (κ2) is 4.74. The van der Waals surface area contributed by atoms with Crippen molar-refractivity contribution in [3.8, 4) is 10.4 Å². The number of pyridine rings is 1. The average molecular weight is 268 g/mol. The molecule has 3 heterocycles. The van der Waals surface area contributed by atoms with E-state index in [1.807, 2.05) is 18.2 Å². The van der Waals surface area contributed by atoms with Crippen LogP contribution < -0.4 is 0 Å². The van der Waals surface area contributed by atoms with Crippen molar-refractivity contribution in [1.82, 2.24) is 4.98 Å². The number of aromatic nitrogens is 1. The van der Waals surface area contributed by atoms with Gasteiger partial charge >= 0.3 is 0 Å². The first kappa shape index (κ1) is 11.2. The summed E-state index contributed by atoms with van der Waals surface area (Å²) in [5.41, 5.74) is 1.07. The Morgan fingerprint density at radius 2 is 2.06 bits per heavy atom. The molecule has 0 spiro atoms. The van der Waals surface area contributed by atoms with Crippen LogP contribution in [-0.2, 0) is 9.47 Å². The summed E-state index contributed by atoms with van der Waals surface area (Å²) in [7, 11) is 0. The molecule has 0 unspecified atom stereocenters. The molecule has 1 aliphatic rings. The molecule has 0 radical (unpaired) electrons. The quantitative estimate of drug-likeness (QED) is 0.781. The number of thiophene rings is 1. The molecule has 0 aliphatic carbocycles. The monoisotopic (exact) mass is 267 g/mol. The molecular formula is C12H10ClNO2S. The Kier molecular flexibility index (Phi) is 3.11. The van der Waals surface area contributed by atoms with Crippen molar-refractivity contribution in [1.29, 1.82) is 0 Å². The Hall–Kier alpha value is -0.940. The fraction of sp³-hybridized carbons (Fsp3) is 0.250. The molecule has 2 aromatic heterocycles. The van der Waals surface area contributed by atoms with Crippen molar-refractivity contribution in [3.63, 3.8) is 0 Å². The molecule has 0 aromatic carbocycles. The Morgan fingerprint density at radius 3 is 2.82 bits per heavy atom. The molecule has 0 amide bonds. The van der Waals surface area contributed by atoms with Crippen LogP contribution in [0, 0.1) is 0 Å². The highest BCUT2D eigenvalue weighted by atomic mass is 35.5. The standard InChI is InChI=1S/C12H10ClNO2S/c13-11-7-8(3-4-14-11)9-1-2-10(17-9)12-15-5-6-16-12/h1-4,7,12H,5-6H2. The third-order valence-corrected chi connectivity index (χ3v) is 3.85. The molecule has 0 saturated carbocycles. The normalized spacial score (nSPS) is 16.5. The fourth-order valence-electron chi connectivity index (χ4n) is 1.71. The smallest absolute Gasteiger partial charge is 0.193 e. The molecule has 2 aromatic rings. The first-order valence-corrected chi connectivity index (χ1v) is 6.47. The van der Waals surface area contributed by atoms with Gasteiger partial charge in [-0.05, 0) is 29.8 Å². The zero-order valence-electron chi connectivity index (χ0n) is 8.93. The lowest BCUT2D eigenvalue weighted by Crippen LogP contribution is -1.93. The van der Waals surface area contributed by atoms with Crippen LogP contribution in [-0.4, -0.2) is 18.2 Å². The summed E-state index contributed by atoms with van der Waals surface area (Å²) in [5, 5.41) is 0.505. The Balaban J connectivity index is 1.89. The number of nitrogens with zero attached hydrogens (tertiary/aromatic N) is 1. The second-order valence-electron chi connectivity index (χ2n) is 3.64. The van der Waals surface area contributed by atoms with Crippen molar-refractivity contribution in [3.05, 3.63) is 40.5 Å². The SMILES string of the molecule is Clc1cc(-c2ccc(C3OCCO3)s2)ccn1. The molecule has 17 heavy (non-hydrogen) atoms. The first-order valence-electron chi connectivity index (χ1n) is 5.28. The van der Waals surface area contributed by atoms with E-state index in [2.05, 4.69) is 11.1 Å². The highest BCUT2D eigenvalue weighted by Gasteiger charge is 2.20. The van der Waals surface area contributed by atoms with Crippen LogP contribution in [0.15, 0.2) is 30.5 Å². The summed E-state index contributed by atoms with van der Waals surface area (Å²) < 4.78 is 10.9. The molecule has 0 bridgehead atoms. The van der Waals surface area contributed by atoms with Crippen molar-refractivity contribution in [2.45, 2.75) is 6.29 Å². The van der Waals surface area contributed by atoms with E-state index in [0.29, 0.717) is 18.4 Å². The zero-order chi connectivity index (χ0) is 11.7. The van der Waals surface area contributed by atoms with Gasteiger partial charge in [-0.25, -0.2) is 4.98 Å². The third kappa shape index (κ3) is 2.35. The molecule has 1 aliphatic heterocycles. The largest absolute Gasteiger partial charge is 0.345 e. The van der Waals surface area contributed by atoms with E-state index in [9.17, 15) is 0 Å². The van der Waals surface area contributed by atoms with Gasteiger partial charge in [0.25, 0.3) is 0 Å². The van der Waals surface area contributed by atoms with Crippen LogP contribution in [0.4, 0.5) is 0 Å². The Bertz CT molecular complexity index is 523. The van der Waals surface area contributed by atoms with Crippen molar-refractivity contribution in [2.24, 2.45) is 0 Å². The van der Waals surface area contributed by atoms with Gasteiger partial charge < -0.3 is 9.47 Å². The van der Waals surface area contributed by atoms with Gasteiger partial charge in [0.1, 0.15) is 5.15 Å². The highest BCUT2D eigenvalue weighted by molar-refractivity contribution is 7.15. The minimum absolute atomic E-state index is 0.203. The minimum Gasteiger partial charge on any atom is -0.345 e. The van der Waals surface area contributed by atoms with E-state index in [1.165, 1.54) is 0 Å². The van der Waals surface area contributed by atoms with Crippen molar-refractivity contribution in [2.75, 3.05) is 13.2 Å². The topological polar surface area (TPSA) is 31.4 Å². The minimum atomic E-state index is -0.203. The lowest BCUT2D eigenvalue weighted by atomic mass is 10.2. The van der Waals surface area contributed by atoms with Crippen molar-refractivity contribution >= 4 is 22.9 Å². The molecule has 88 valence electrons. The third-order valence-electron chi connectivity index (χ3n) is 2.49. The summed E-state index contributed by atoms with van der Waals surface area (Å²) in [5.74, 6) is 0. The van der Waals surface area contributed by atoms with Crippen molar-refractivity contribution < 1.29 is 9.47 Å². The van der Waals surface area contributed by atoms with Gasteiger partial charge in [0.2, 0.25) is 0 Å². The van der Waals surface area contributed by atoms with Gasteiger partial charge in [-0.15, -0.1) is 11.3 Å². The summed E-state index contributed by atoms with van der Waals surface area (Å²) in [6.45, 7) is 1.33. The van der Waals surface area contributed by atoms with Crippen LogP contribution in [0.1, 0.15) is 11.2 Å². The predicted octanol–water partition coefficient (Wildman–Crippen LogP) is 3.51. The molecule has 1 saturated heterocycles. The summed E-state index contributed by atoms with van der Waals surface area (Å²) in [4.78, 5) is 6.20. The highest BCUT2D eigenvalue weighted by Crippen LogP contribution is 2.35. The fourth-order valence-corrected chi connectivity index (χ4v) is 2.89. The van der Waals surface area contributed by atoms with Gasteiger partial charge in [-0.2, -0.15) is 0 Å². The van der Waals surface area contributed by atoms with E-state index >= 15 is 0 Å². The maximum absolute atomic E-state index is 5.87. The van der Waals surface area contributed by atoms with Gasteiger partial charge in [-0.1, -0.05) is 11.6 Å². The van der Waals surface area contributed by atoms with E-state index in [1.54, 1.807) is 17.5 Å². The van der Waals surface area contributed by atoms with Gasteiger partial charge in [-0.3, -0.25) is 0 Å². The second-order valence-corrected chi connectivity index (χ2v) is 5.15. The molecule has 1 fully saturated rings. The van der Waals surface area contributed by atoms with Crippen LogP contribution in [0.25, 0.3) is 10.4 Å². The Morgan fingerprint density at radius 1 is 1.24 bits per heavy atom. The maximum Gasteiger partial charge on any atom is 0.193 e. The van der Waals surface area contributed by atoms with Gasteiger partial charge in [0.05, 0.1) is 18.1 Å². The summed E-state index contributed by atoms with van der Waals surface area (Å²) in [6, 6.07) is 7.88. The molecule has 3 nitrogen and oxygen atoms in total. The van der Waals surface area contributed by atoms with Crippen LogP contribution in [0.2, 0.25) is 5.15 Å². The van der Waals surface area contributed by atoms with E-state index in [0.717, 1.165) is 15.3 Å². The number of ether oxygens (including phenoxy) is 2. The molecule has 5 heteroatoms. The van der Waals surface area contributed by atoms with E-state index < -0.39 is 0 Å². The van der Waals surface area contributed by atoms with E-state index in [-0.39, 0.29) is 6.29 Å². The van der Waals surface area contributed by atoms with Crippen LogP contribution in [0.3, 0.4) is 0 Å². The number of halogens is 1. The maximum atomic E-state index is 5.87. The molecule has 0 N–H and O–H groups in total. The number of rotatable bonds is 2. The number of hydrogen-bond donors (Lipinski definition) is 0. The summed E-state index contributed by atoms with van der Waals surface area (Å²) >= 11 is 7.53. The van der Waals surface area contributed by atoms with Gasteiger partial charge in [0, 0.05) is 11.1 Å². The summed E-state index contributed by atoms with van der Waals surface area (Å²) in [6.07, 6.45) is 1.51. The average Bonchev–Trinajstić information content (AvgIpc) is 3.00. The molecular weight excluding hydrogens is 258 g/mol. The van der Waals surface area contributed by atoms with Gasteiger partial charge in [0.15, 0.2) is 6.29 Å². The molecule has 0 atom stereocenters. The lowest BCUT2D eigenvalue weighted by molar-refractivity contribution is -0.0413. The number of hydrogen-bond acceptors (Lipinski definition) is 4. The zero-order valence-corrected chi connectivity index (χ0v) is 10.5. The first-order chi connectivity index (χ1) is 8.33. The van der Waals surface area contributed by atoms with Crippen LogP contribution >= 0.6 is 22.9 Å². The molecule has 3 rings (SSSR count). The van der Waals surface area contributed by atoms with E-state index in [4.69, 9.17) is 21.1 Å².